The lowest BCUT2D eigenvalue weighted by atomic mass is 10.0. The lowest BCUT2D eigenvalue weighted by Gasteiger charge is -2.29. The summed E-state index contributed by atoms with van der Waals surface area (Å²) in [5, 5.41) is 11.0. The van der Waals surface area contributed by atoms with Gasteiger partial charge in [-0.25, -0.2) is 4.68 Å². The maximum atomic E-state index is 12.0. The zero-order valence-electron chi connectivity index (χ0n) is 11.0. The van der Waals surface area contributed by atoms with Crippen molar-refractivity contribution in [3.8, 4) is 0 Å². The van der Waals surface area contributed by atoms with Gasteiger partial charge in [0.05, 0.1) is 18.4 Å². The van der Waals surface area contributed by atoms with Crippen molar-refractivity contribution in [3.05, 3.63) is 34.2 Å². The molecule has 1 fully saturated rings. The molecule has 0 bridgehead atoms. The van der Waals surface area contributed by atoms with Gasteiger partial charge >= 0.3 is 0 Å². The summed E-state index contributed by atoms with van der Waals surface area (Å²) in [4.78, 5) is 12.0. The van der Waals surface area contributed by atoms with Gasteiger partial charge in [0.2, 0.25) is 0 Å². The van der Waals surface area contributed by atoms with Crippen LogP contribution in [0.1, 0.15) is 19.8 Å². The zero-order valence-corrected chi connectivity index (χ0v) is 11.8. The topological polar surface area (TPSA) is 59.0 Å². The zero-order chi connectivity index (χ0) is 13.8. The van der Waals surface area contributed by atoms with E-state index in [9.17, 15) is 4.79 Å². The minimum absolute atomic E-state index is 0.197. The van der Waals surface area contributed by atoms with E-state index in [-0.39, 0.29) is 10.6 Å². The number of hydrogen-bond donors (Lipinski definition) is 2. The first-order valence-corrected chi connectivity index (χ1v) is 6.86. The fraction of sp³-hybridized carbons (Fsp3) is 0.538. The molecule has 0 saturated carbocycles. The lowest BCUT2D eigenvalue weighted by molar-refractivity contribution is 0.396. The summed E-state index contributed by atoms with van der Waals surface area (Å²) in [7, 11) is 0. The number of allylic oxidation sites excluding steroid dienone is 1. The molecular formula is C13H19ClN4O. The Morgan fingerprint density at radius 3 is 3.21 bits per heavy atom. The summed E-state index contributed by atoms with van der Waals surface area (Å²) in [6.07, 6.45) is 5.24. The monoisotopic (exact) mass is 282 g/mol. The van der Waals surface area contributed by atoms with Crippen LogP contribution in [0.4, 0.5) is 5.69 Å². The molecule has 0 spiro atoms. The molecule has 1 aliphatic heterocycles. The smallest absolute Gasteiger partial charge is 0.287 e. The van der Waals surface area contributed by atoms with Gasteiger partial charge in [0.1, 0.15) is 5.02 Å². The van der Waals surface area contributed by atoms with E-state index in [1.165, 1.54) is 4.68 Å². The molecule has 0 radical (unpaired) electrons. The van der Waals surface area contributed by atoms with Crippen molar-refractivity contribution in [1.29, 1.82) is 0 Å². The lowest BCUT2D eigenvalue weighted by Crippen LogP contribution is -2.41. The van der Waals surface area contributed by atoms with Crippen molar-refractivity contribution < 1.29 is 0 Å². The van der Waals surface area contributed by atoms with E-state index in [1.807, 2.05) is 0 Å². The molecule has 6 heteroatoms. The molecule has 1 aliphatic rings. The fourth-order valence-electron chi connectivity index (χ4n) is 2.30. The van der Waals surface area contributed by atoms with Crippen molar-refractivity contribution in [1.82, 2.24) is 15.1 Å². The number of piperidine rings is 1. The first kappa shape index (κ1) is 14.1. The molecule has 2 atom stereocenters. The summed E-state index contributed by atoms with van der Waals surface area (Å²) in [6, 6.07) is 0.796. The Balaban J connectivity index is 2.14. The molecule has 2 N–H and O–H groups in total. The van der Waals surface area contributed by atoms with E-state index >= 15 is 0 Å². The van der Waals surface area contributed by atoms with Gasteiger partial charge in [-0.05, 0) is 26.3 Å². The average Bonchev–Trinajstić information content (AvgIpc) is 2.39. The molecule has 1 aromatic heterocycles. The number of halogens is 1. The summed E-state index contributed by atoms with van der Waals surface area (Å²) in [5.41, 5.74) is 0.333. The largest absolute Gasteiger partial charge is 0.380 e. The second-order valence-corrected chi connectivity index (χ2v) is 5.25. The molecule has 104 valence electrons. The van der Waals surface area contributed by atoms with Gasteiger partial charge < -0.3 is 10.6 Å². The van der Waals surface area contributed by atoms with Gasteiger partial charge in [-0.3, -0.25) is 4.79 Å². The minimum Gasteiger partial charge on any atom is -0.380 e. The van der Waals surface area contributed by atoms with Gasteiger partial charge in [-0.2, -0.15) is 5.10 Å². The molecule has 1 saturated heterocycles. The maximum Gasteiger partial charge on any atom is 0.287 e. The highest BCUT2D eigenvalue weighted by Crippen LogP contribution is 2.20. The van der Waals surface area contributed by atoms with Crippen molar-refractivity contribution in [2.45, 2.75) is 38.4 Å². The molecule has 2 heterocycles. The van der Waals surface area contributed by atoms with Crippen LogP contribution in [0.25, 0.3) is 0 Å². The summed E-state index contributed by atoms with van der Waals surface area (Å²) in [6.45, 7) is 7.07. The third kappa shape index (κ3) is 3.36. The first-order chi connectivity index (χ1) is 9.11. The van der Waals surface area contributed by atoms with E-state index in [0.29, 0.717) is 24.3 Å². The van der Waals surface area contributed by atoms with E-state index in [4.69, 9.17) is 11.6 Å². The van der Waals surface area contributed by atoms with Crippen LogP contribution in [0.15, 0.2) is 23.6 Å². The third-order valence-electron chi connectivity index (χ3n) is 3.27. The highest BCUT2D eigenvalue weighted by molar-refractivity contribution is 6.32. The number of rotatable bonds is 4. The van der Waals surface area contributed by atoms with Crippen LogP contribution in [-0.2, 0) is 6.54 Å². The predicted molar refractivity (Wildman–Crippen MR) is 77.8 cm³/mol. The van der Waals surface area contributed by atoms with Crippen LogP contribution < -0.4 is 16.2 Å². The van der Waals surface area contributed by atoms with Crippen LogP contribution in [0.3, 0.4) is 0 Å². The highest BCUT2D eigenvalue weighted by atomic mass is 35.5. The van der Waals surface area contributed by atoms with Gasteiger partial charge in [0, 0.05) is 12.1 Å². The Morgan fingerprint density at radius 1 is 1.74 bits per heavy atom. The molecule has 5 nitrogen and oxygen atoms in total. The third-order valence-corrected chi connectivity index (χ3v) is 3.64. The number of hydrogen-bond acceptors (Lipinski definition) is 4. The molecule has 1 aromatic rings. The van der Waals surface area contributed by atoms with Crippen molar-refractivity contribution in [2.75, 3.05) is 11.9 Å². The number of nitrogens with one attached hydrogen (secondary N) is 2. The Hall–Kier alpha value is -1.33. The maximum absolute atomic E-state index is 12.0. The van der Waals surface area contributed by atoms with Gasteiger partial charge in [0.15, 0.2) is 0 Å². The van der Waals surface area contributed by atoms with E-state index in [1.54, 1.807) is 12.3 Å². The summed E-state index contributed by atoms with van der Waals surface area (Å²) >= 11 is 6.10. The molecular weight excluding hydrogens is 264 g/mol. The Bertz CT molecular complexity index is 514. The Labute approximate surface area is 117 Å². The van der Waals surface area contributed by atoms with Crippen LogP contribution >= 0.6 is 11.6 Å². The number of aromatic nitrogens is 2. The predicted octanol–water partition coefficient (Wildman–Crippen LogP) is 1.64. The molecule has 2 rings (SSSR count). The first-order valence-electron chi connectivity index (χ1n) is 6.48. The highest BCUT2D eigenvalue weighted by Gasteiger charge is 2.19. The summed E-state index contributed by atoms with van der Waals surface area (Å²) in [5.74, 6) is 0. The normalized spacial score (nSPS) is 23.1. The molecule has 0 amide bonds. The van der Waals surface area contributed by atoms with Gasteiger partial charge in [-0.15, -0.1) is 6.58 Å². The van der Waals surface area contributed by atoms with E-state index in [0.717, 1.165) is 19.4 Å². The Morgan fingerprint density at radius 2 is 2.53 bits per heavy atom. The van der Waals surface area contributed by atoms with Crippen LogP contribution in [0, 0.1) is 0 Å². The second-order valence-electron chi connectivity index (χ2n) is 4.87. The van der Waals surface area contributed by atoms with Gasteiger partial charge in [0.25, 0.3) is 5.56 Å². The fourth-order valence-corrected chi connectivity index (χ4v) is 2.50. The molecule has 0 aliphatic carbocycles. The van der Waals surface area contributed by atoms with Crippen molar-refractivity contribution in [3.63, 3.8) is 0 Å². The summed E-state index contributed by atoms with van der Waals surface area (Å²) < 4.78 is 1.30. The standard InChI is InChI=1S/C13H19ClN4O/c1-3-6-18-13(19)12(14)11(8-16-18)17-10-4-5-15-9(2)7-10/h3,8-10,15,17H,1,4-7H2,2H3. The SMILES string of the molecule is C=CCn1ncc(NC2CCNC(C)C2)c(Cl)c1=O. The van der Waals surface area contributed by atoms with E-state index in [2.05, 4.69) is 29.2 Å². The van der Waals surface area contributed by atoms with Crippen LogP contribution in [0.2, 0.25) is 5.02 Å². The Kier molecular flexibility index (Phi) is 4.61. The van der Waals surface area contributed by atoms with Crippen molar-refractivity contribution in [2.24, 2.45) is 0 Å². The van der Waals surface area contributed by atoms with Crippen molar-refractivity contribution >= 4 is 17.3 Å². The van der Waals surface area contributed by atoms with E-state index < -0.39 is 0 Å². The van der Waals surface area contributed by atoms with Crippen LogP contribution in [0.5, 0.6) is 0 Å². The molecule has 19 heavy (non-hydrogen) atoms. The molecule has 0 aromatic carbocycles. The minimum atomic E-state index is -0.284. The van der Waals surface area contributed by atoms with Gasteiger partial charge in [-0.1, -0.05) is 17.7 Å². The molecule has 2 unspecified atom stereocenters. The average molecular weight is 283 g/mol. The van der Waals surface area contributed by atoms with Crippen LogP contribution in [-0.4, -0.2) is 28.4 Å². The number of anilines is 1. The second kappa shape index (κ2) is 6.21. The number of nitrogens with zero attached hydrogens (tertiary/aromatic N) is 2. The quantitative estimate of drug-likeness (QED) is 0.824.